The summed E-state index contributed by atoms with van der Waals surface area (Å²) in [6.07, 6.45) is 2.53. The minimum Gasteiger partial charge on any atom is -0.313 e. The summed E-state index contributed by atoms with van der Waals surface area (Å²) in [5.41, 5.74) is 1.41. The molecule has 0 amide bonds. The van der Waals surface area contributed by atoms with Gasteiger partial charge < -0.3 is 5.32 Å². The summed E-state index contributed by atoms with van der Waals surface area (Å²) in [5.74, 6) is 1.56. The molecular weight excluding hydrogens is 321 g/mol. The first-order valence-corrected chi connectivity index (χ1v) is 7.53. The molecule has 1 aromatic carbocycles. The fourth-order valence-electron chi connectivity index (χ4n) is 2.42. The highest BCUT2D eigenvalue weighted by atomic mass is 127. The molecule has 0 bridgehead atoms. The largest absolute Gasteiger partial charge is 0.313 e. The molecule has 1 nitrogen and oxygen atoms in total. The van der Waals surface area contributed by atoms with Gasteiger partial charge >= 0.3 is 0 Å². The molecule has 1 rings (SSSR count). The van der Waals surface area contributed by atoms with Crippen LogP contribution in [0.3, 0.4) is 0 Å². The lowest BCUT2D eigenvalue weighted by Gasteiger charge is -2.22. The van der Waals surface area contributed by atoms with Gasteiger partial charge in [-0.05, 0) is 72.0 Å². The van der Waals surface area contributed by atoms with Gasteiger partial charge in [-0.3, -0.25) is 0 Å². The van der Waals surface area contributed by atoms with E-state index in [-0.39, 0.29) is 0 Å². The van der Waals surface area contributed by atoms with Crippen LogP contribution in [-0.2, 0) is 0 Å². The maximum absolute atomic E-state index is 3.44. The first kappa shape index (κ1) is 15.0. The van der Waals surface area contributed by atoms with E-state index in [1.807, 2.05) is 0 Å². The van der Waals surface area contributed by atoms with Crippen LogP contribution in [0.4, 0.5) is 0 Å². The number of nitrogens with one attached hydrogen (secondary N) is 1. The molecule has 0 aliphatic carbocycles. The van der Waals surface area contributed by atoms with Crippen molar-refractivity contribution in [2.45, 2.75) is 39.7 Å². The minimum absolute atomic E-state index is 0.487. The monoisotopic (exact) mass is 345 g/mol. The normalized spacial score (nSPS) is 14.9. The highest BCUT2D eigenvalue weighted by molar-refractivity contribution is 14.1. The van der Waals surface area contributed by atoms with Gasteiger partial charge in [-0.25, -0.2) is 0 Å². The van der Waals surface area contributed by atoms with Gasteiger partial charge in [-0.15, -0.1) is 0 Å². The van der Waals surface area contributed by atoms with E-state index in [0.29, 0.717) is 6.04 Å². The Balaban J connectivity index is 2.62. The molecule has 96 valence electrons. The number of benzene rings is 1. The van der Waals surface area contributed by atoms with Crippen LogP contribution >= 0.6 is 22.6 Å². The van der Waals surface area contributed by atoms with E-state index in [1.54, 1.807) is 0 Å². The van der Waals surface area contributed by atoms with Crippen LogP contribution < -0.4 is 5.32 Å². The third kappa shape index (κ3) is 5.38. The number of rotatable bonds is 6. The molecule has 0 radical (unpaired) electrons. The van der Waals surface area contributed by atoms with Crippen molar-refractivity contribution < 1.29 is 0 Å². The molecule has 0 aliphatic heterocycles. The summed E-state index contributed by atoms with van der Waals surface area (Å²) in [7, 11) is 2.06. The van der Waals surface area contributed by atoms with Crippen molar-refractivity contribution in [2.75, 3.05) is 7.05 Å². The molecule has 1 N–H and O–H groups in total. The zero-order valence-electron chi connectivity index (χ0n) is 11.3. The second kappa shape index (κ2) is 7.37. The average Bonchev–Trinajstić information content (AvgIpc) is 2.26. The van der Waals surface area contributed by atoms with Crippen molar-refractivity contribution in [1.29, 1.82) is 0 Å². The Morgan fingerprint density at radius 2 is 1.65 bits per heavy atom. The molecule has 0 aliphatic rings. The maximum atomic E-state index is 3.44. The smallest absolute Gasteiger partial charge is 0.0320 e. The second-order valence-corrected chi connectivity index (χ2v) is 6.61. The fourth-order valence-corrected chi connectivity index (χ4v) is 2.78. The topological polar surface area (TPSA) is 12.0 Å². The van der Waals surface area contributed by atoms with Gasteiger partial charge in [0.15, 0.2) is 0 Å². The molecule has 1 aromatic rings. The third-order valence-corrected chi connectivity index (χ3v) is 3.85. The lowest BCUT2D eigenvalue weighted by Crippen LogP contribution is -2.19. The molecule has 0 fully saturated rings. The second-order valence-electron chi connectivity index (χ2n) is 5.36. The predicted molar refractivity (Wildman–Crippen MR) is 84.2 cm³/mol. The van der Waals surface area contributed by atoms with Gasteiger partial charge in [0.1, 0.15) is 0 Å². The van der Waals surface area contributed by atoms with Crippen LogP contribution in [-0.4, -0.2) is 7.05 Å². The van der Waals surface area contributed by atoms with Gasteiger partial charge in [-0.2, -0.15) is 0 Å². The van der Waals surface area contributed by atoms with Crippen LogP contribution in [0.1, 0.15) is 45.2 Å². The summed E-state index contributed by atoms with van der Waals surface area (Å²) < 4.78 is 1.30. The average molecular weight is 345 g/mol. The predicted octanol–water partition coefficient (Wildman–Crippen LogP) is 4.62. The van der Waals surface area contributed by atoms with Gasteiger partial charge in [-0.1, -0.05) is 32.9 Å². The summed E-state index contributed by atoms with van der Waals surface area (Å²) in [5, 5.41) is 3.44. The highest BCUT2D eigenvalue weighted by Crippen LogP contribution is 2.25. The van der Waals surface area contributed by atoms with Crippen LogP contribution in [0, 0.1) is 15.4 Å². The van der Waals surface area contributed by atoms with Gasteiger partial charge in [0, 0.05) is 9.61 Å². The summed E-state index contributed by atoms with van der Waals surface area (Å²) in [6.45, 7) is 6.96. The Labute approximate surface area is 120 Å². The molecule has 0 heterocycles. The van der Waals surface area contributed by atoms with Crippen molar-refractivity contribution in [3.63, 3.8) is 0 Å². The van der Waals surface area contributed by atoms with E-state index in [9.17, 15) is 0 Å². The van der Waals surface area contributed by atoms with Crippen LogP contribution in [0.2, 0.25) is 0 Å². The molecule has 0 saturated carbocycles. The lowest BCUT2D eigenvalue weighted by atomic mass is 9.90. The van der Waals surface area contributed by atoms with E-state index in [1.165, 1.54) is 22.0 Å². The Hall–Kier alpha value is -0.0900. The zero-order valence-corrected chi connectivity index (χ0v) is 13.5. The van der Waals surface area contributed by atoms with Crippen molar-refractivity contribution in [1.82, 2.24) is 5.32 Å². The number of halogens is 1. The molecule has 0 aromatic heterocycles. The van der Waals surface area contributed by atoms with Gasteiger partial charge in [0.2, 0.25) is 0 Å². The third-order valence-electron chi connectivity index (χ3n) is 3.13. The van der Waals surface area contributed by atoms with Crippen LogP contribution in [0.25, 0.3) is 0 Å². The highest BCUT2D eigenvalue weighted by Gasteiger charge is 2.14. The molecule has 17 heavy (non-hydrogen) atoms. The van der Waals surface area contributed by atoms with Crippen LogP contribution in [0.5, 0.6) is 0 Å². The Morgan fingerprint density at radius 3 is 2.12 bits per heavy atom. The molecule has 2 heteroatoms. The van der Waals surface area contributed by atoms with Crippen molar-refractivity contribution in [2.24, 2.45) is 11.8 Å². The molecule has 0 saturated heterocycles. The van der Waals surface area contributed by atoms with Crippen LogP contribution in [0.15, 0.2) is 24.3 Å². The van der Waals surface area contributed by atoms with Gasteiger partial charge in [0.05, 0.1) is 0 Å². The van der Waals surface area contributed by atoms with E-state index < -0.39 is 0 Å². The number of hydrogen-bond donors (Lipinski definition) is 1. The molecule has 2 unspecified atom stereocenters. The maximum Gasteiger partial charge on any atom is 0.0320 e. The Kier molecular flexibility index (Phi) is 6.49. The summed E-state index contributed by atoms with van der Waals surface area (Å²) in [6, 6.07) is 9.34. The van der Waals surface area contributed by atoms with Crippen molar-refractivity contribution >= 4 is 22.6 Å². The minimum atomic E-state index is 0.487. The first-order valence-electron chi connectivity index (χ1n) is 6.45. The summed E-state index contributed by atoms with van der Waals surface area (Å²) in [4.78, 5) is 0. The molecule has 0 spiro atoms. The number of hydrogen-bond acceptors (Lipinski definition) is 1. The van der Waals surface area contributed by atoms with E-state index >= 15 is 0 Å². The van der Waals surface area contributed by atoms with E-state index in [2.05, 4.69) is 80.0 Å². The Bertz CT molecular complexity index is 318. The Morgan fingerprint density at radius 1 is 1.06 bits per heavy atom. The van der Waals surface area contributed by atoms with Crippen molar-refractivity contribution in [3.05, 3.63) is 33.4 Å². The fraction of sp³-hybridized carbons (Fsp3) is 0.600. The lowest BCUT2D eigenvalue weighted by molar-refractivity contribution is 0.366. The molecule has 2 atom stereocenters. The van der Waals surface area contributed by atoms with Gasteiger partial charge in [0.25, 0.3) is 0 Å². The first-order chi connectivity index (χ1) is 8.02. The quantitative estimate of drug-likeness (QED) is 0.742. The van der Waals surface area contributed by atoms with E-state index in [0.717, 1.165) is 11.8 Å². The SMILES string of the molecule is CNC(CC(C)CC(C)C)c1ccc(I)cc1. The van der Waals surface area contributed by atoms with Crippen molar-refractivity contribution in [3.8, 4) is 0 Å². The molecular formula is C15H24IN. The zero-order chi connectivity index (χ0) is 12.8. The van der Waals surface area contributed by atoms with E-state index in [4.69, 9.17) is 0 Å². The summed E-state index contributed by atoms with van der Waals surface area (Å²) >= 11 is 2.35. The standard InChI is InChI=1S/C15H24IN/c1-11(2)9-12(3)10-15(17-4)13-5-7-14(16)8-6-13/h5-8,11-12,15,17H,9-10H2,1-4H3.